The van der Waals surface area contributed by atoms with Crippen LogP contribution >= 0.6 is 0 Å². The molecular formula is C23H26N6. The van der Waals surface area contributed by atoms with Crippen molar-refractivity contribution in [3.05, 3.63) is 71.9 Å². The molecule has 1 saturated heterocycles. The summed E-state index contributed by atoms with van der Waals surface area (Å²) in [5, 5.41) is 8.64. The van der Waals surface area contributed by atoms with Gasteiger partial charge in [0.2, 0.25) is 0 Å². The Balaban J connectivity index is 1.28. The second kappa shape index (κ2) is 8.17. The van der Waals surface area contributed by atoms with Crippen LogP contribution in [-0.2, 0) is 13.0 Å². The highest BCUT2D eigenvalue weighted by Gasteiger charge is 2.23. The van der Waals surface area contributed by atoms with Gasteiger partial charge in [0.05, 0.1) is 6.20 Å². The van der Waals surface area contributed by atoms with Gasteiger partial charge in [0.15, 0.2) is 5.82 Å². The van der Waals surface area contributed by atoms with Crippen LogP contribution in [0.2, 0.25) is 0 Å². The lowest BCUT2D eigenvalue weighted by atomic mass is 10.0. The van der Waals surface area contributed by atoms with Gasteiger partial charge in [0, 0.05) is 45.0 Å². The van der Waals surface area contributed by atoms with Gasteiger partial charge >= 0.3 is 0 Å². The maximum Gasteiger partial charge on any atom is 0.251 e. The van der Waals surface area contributed by atoms with Crippen molar-refractivity contribution in [1.82, 2.24) is 20.1 Å². The fraction of sp³-hybridized carbons (Fsp3) is 0.348. The number of rotatable bonds is 4. The van der Waals surface area contributed by atoms with Gasteiger partial charge in [-0.2, -0.15) is 10.1 Å². The zero-order valence-electron chi connectivity index (χ0n) is 16.6. The second-order valence-corrected chi connectivity index (χ2v) is 7.75. The molecule has 2 aliphatic rings. The van der Waals surface area contributed by atoms with E-state index in [4.69, 9.17) is 4.98 Å². The number of hydrogen-bond donors (Lipinski definition) is 0. The zero-order valence-corrected chi connectivity index (χ0v) is 16.6. The summed E-state index contributed by atoms with van der Waals surface area (Å²) in [6, 6.07) is 19.2. The number of piperazine rings is 1. The molecule has 0 N–H and O–H groups in total. The van der Waals surface area contributed by atoms with Crippen LogP contribution < -0.4 is 9.80 Å². The first-order valence-corrected chi connectivity index (χ1v) is 10.4. The van der Waals surface area contributed by atoms with Gasteiger partial charge in [0.25, 0.3) is 5.95 Å². The van der Waals surface area contributed by atoms with Gasteiger partial charge < -0.3 is 9.80 Å². The topological polar surface area (TPSA) is 48.4 Å². The van der Waals surface area contributed by atoms with Gasteiger partial charge in [-0.1, -0.05) is 48.5 Å². The lowest BCUT2D eigenvalue weighted by Crippen LogP contribution is -2.46. The fourth-order valence-electron chi connectivity index (χ4n) is 4.27. The van der Waals surface area contributed by atoms with E-state index in [1.165, 1.54) is 16.8 Å². The highest BCUT2D eigenvalue weighted by molar-refractivity contribution is 5.63. The summed E-state index contributed by atoms with van der Waals surface area (Å²) in [4.78, 5) is 11.9. The Morgan fingerprint density at radius 2 is 1.62 bits per heavy atom. The molecule has 29 heavy (non-hydrogen) atoms. The molecule has 2 aliphatic heterocycles. The average molecular weight is 387 g/mol. The van der Waals surface area contributed by atoms with E-state index in [0.29, 0.717) is 5.95 Å². The van der Waals surface area contributed by atoms with E-state index in [9.17, 15) is 0 Å². The molecule has 0 aliphatic carbocycles. The molecule has 148 valence electrons. The zero-order chi connectivity index (χ0) is 19.5. The highest BCUT2D eigenvalue weighted by atomic mass is 15.4. The fourth-order valence-corrected chi connectivity index (χ4v) is 4.27. The van der Waals surface area contributed by atoms with Gasteiger partial charge in [-0.25, -0.2) is 0 Å². The Kier molecular flexibility index (Phi) is 5.09. The molecule has 3 aromatic rings. The van der Waals surface area contributed by atoms with Crippen LogP contribution in [0.15, 0.2) is 60.8 Å². The SMILES string of the molecule is c1ccc(CN2CCN(c3cnnc(N4CCCc5ccccc54)n3)CC2)cc1. The number of aromatic nitrogens is 3. The lowest BCUT2D eigenvalue weighted by molar-refractivity contribution is 0.249. The number of anilines is 3. The molecule has 1 aromatic heterocycles. The number of hydrogen-bond acceptors (Lipinski definition) is 6. The third-order valence-electron chi connectivity index (χ3n) is 5.83. The largest absolute Gasteiger partial charge is 0.353 e. The van der Waals surface area contributed by atoms with Crippen LogP contribution in [0.4, 0.5) is 17.5 Å². The number of nitrogens with zero attached hydrogens (tertiary/aromatic N) is 6. The van der Waals surface area contributed by atoms with E-state index < -0.39 is 0 Å². The van der Waals surface area contributed by atoms with Crippen molar-refractivity contribution in [2.24, 2.45) is 0 Å². The minimum absolute atomic E-state index is 0.710. The smallest absolute Gasteiger partial charge is 0.251 e. The predicted octanol–water partition coefficient (Wildman–Crippen LogP) is 3.28. The Morgan fingerprint density at radius 1 is 0.828 bits per heavy atom. The molecule has 3 heterocycles. The van der Waals surface area contributed by atoms with Gasteiger partial charge in [-0.3, -0.25) is 4.90 Å². The molecule has 1 fully saturated rings. The van der Waals surface area contributed by atoms with E-state index in [2.05, 4.69) is 79.5 Å². The molecule has 0 atom stereocenters. The van der Waals surface area contributed by atoms with E-state index in [-0.39, 0.29) is 0 Å². The molecule has 0 bridgehead atoms. The maximum atomic E-state index is 4.89. The van der Waals surface area contributed by atoms with Crippen LogP contribution in [0.5, 0.6) is 0 Å². The standard InChI is InChI=1S/C23H26N6/c1-2-7-19(8-3-1)18-27-13-15-28(16-14-27)22-17-24-26-23(25-22)29-12-6-10-20-9-4-5-11-21(20)29/h1-5,7-9,11,17H,6,10,12-16,18H2. The Hall–Kier alpha value is -2.99. The van der Waals surface area contributed by atoms with Crippen molar-refractivity contribution < 1.29 is 0 Å². The van der Waals surface area contributed by atoms with E-state index in [1.807, 2.05) is 0 Å². The monoisotopic (exact) mass is 386 g/mol. The Bertz CT molecular complexity index is 952. The lowest BCUT2D eigenvalue weighted by Gasteiger charge is -2.35. The maximum absolute atomic E-state index is 4.89. The van der Waals surface area contributed by atoms with Gasteiger partial charge in [0.1, 0.15) is 0 Å². The van der Waals surface area contributed by atoms with E-state index in [1.54, 1.807) is 6.20 Å². The minimum atomic E-state index is 0.710. The molecule has 6 nitrogen and oxygen atoms in total. The number of fused-ring (bicyclic) bond motifs is 1. The van der Waals surface area contributed by atoms with Gasteiger partial charge in [-0.15, -0.1) is 5.10 Å². The molecule has 0 amide bonds. The molecule has 0 radical (unpaired) electrons. The van der Waals surface area contributed by atoms with Crippen molar-refractivity contribution in [1.29, 1.82) is 0 Å². The van der Waals surface area contributed by atoms with Gasteiger partial charge in [-0.05, 0) is 30.0 Å². The Morgan fingerprint density at radius 3 is 2.48 bits per heavy atom. The molecular weight excluding hydrogens is 360 g/mol. The van der Waals surface area contributed by atoms with Crippen LogP contribution in [0, 0.1) is 0 Å². The normalized spacial score (nSPS) is 17.2. The first-order valence-electron chi connectivity index (χ1n) is 10.4. The third-order valence-corrected chi connectivity index (χ3v) is 5.83. The molecule has 0 unspecified atom stereocenters. The first-order chi connectivity index (χ1) is 14.4. The number of aryl methyl sites for hydroxylation is 1. The molecule has 0 spiro atoms. The third kappa shape index (κ3) is 3.93. The summed E-state index contributed by atoms with van der Waals surface area (Å²) in [5.41, 5.74) is 3.95. The van der Waals surface area contributed by atoms with E-state index >= 15 is 0 Å². The average Bonchev–Trinajstić information content (AvgIpc) is 2.80. The van der Waals surface area contributed by atoms with Crippen molar-refractivity contribution in [2.75, 3.05) is 42.5 Å². The van der Waals surface area contributed by atoms with E-state index in [0.717, 1.165) is 57.9 Å². The summed E-state index contributed by atoms with van der Waals surface area (Å²) in [5.74, 6) is 1.64. The van der Waals surface area contributed by atoms with Crippen LogP contribution in [0.3, 0.4) is 0 Å². The minimum Gasteiger partial charge on any atom is -0.353 e. The first kappa shape index (κ1) is 18.1. The van der Waals surface area contributed by atoms with Crippen LogP contribution in [0.25, 0.3) is 0 Å². The summed E-state index contributed by atoms with van der Waals surface area (Å²) in [6.45, 7) is 5.92. The van der Waals surface area contributed by atoms with Crippen molar-refractivity contribution in [2.45, 2.75) is 19.4 Å². The molecule has 2 aromatic carbocycles. The molecule has 0 saturated carbocycles. The second-order valence-electron chi connectivity index (χ2n) is 7.75. The van der Waals surface area contributed by atoms with Crippen molar-refractivity contribution in [3.8, 4) is 0 Å². The summed E-state index contributed by atoms with van der Waals surface area (Å²) in [6.07, 6.45) is 4.03. The number of para-hydroxylation sites is 1. The molecule has 6 heteroatoms. The summed E-state index contributed by atoms with van der Waals surface area (Å²) in [7, 11) is 0. The van der Waals surface area contributed by atoms with Crippen LogP contribution in [0.1, 0.15) is 17.5 Å². The highest BCUT2D eigenvalue weighted by Crippen LogP contribution is 2.31. The van der Waals surface area contributed by atoms with Crippen LogP contribution in [-0.4, -0.2) is 52.8 Å². The van der Waals surface area contributed by atoms with Crippen molar-refractivity contribution in [3.63, 3.8) is 0 Å². The summed E-state index contributed by atoms with van der Waals surface area (Å²) >= 11 is 0. The van der Waals surface area contributed by atoms with Crippen molar-refractivity contribution >= 4 is 17.5 Å². The Labute approximate surface area is 171 Å². The number of benzene rings is 2. The predicted molar refractivity (Wildman–Crippen MR) is 116 cm³/mol. The summed E-state index contributed by atoms with van der Waals surface area (Å²) < 4.78 is 0. The quantitative estimate of drug-likeness (QED) is 0.686. The molecule has 5 rings (SSSR count).